The third-order valence-electron chi connectivity index (χ3n) is 3.09. The molecular weight excluding hydrogens is 220 g/mol. The van der Waals surface area contributed by atoms with Gasteiger partial charge in [-0.2, -0.15) is 5.10 Å². The highest BCUT2D eigenvalue weighted by Crippen LogP contribution is 2.31. The molecule has 0 aromatic carbocycles. The first-order valence-corrected chi connectivity index (χ1v) is 5.61. The summed E-state index contributed by atoms with van der Waals surface area (Å²) in [4.78, 5) is 11.4. The average molecular weight is 232 g/mol. The average Bonchev–Trinajstić information content (AvgIpc) is 2.91. The predicted molar refractivity (Wildman–Crippen MR) is 60.7 cm³/mol. The monoisotopic (exact) mass is 232 g/mol. The highest BCUT2D eigenvalue weighted by atomic mass is 16.5. The van der Waals surface area contributed by atoms with Crippen LogP contribution in [0.5, 0.6) is 5.75 Å². The Labute approximate surface area is 97.6 Å². The summed E-state index contributed by atoms with van der Waals surface area (Å²) in [7, 11) is 0. The van der Waals surface area contributed by atoms with Crippen LogP contribution in [0.3, 0.4) is 0 Å². The zero-order chi connectivity index (χ0) is 12.0. The van der Waals surface area contributed by atoms with E-state index in [1.165, 1.54) is 0 Å². The van der Waals surface area contributed by atoms with Crippen LogP contribution >= 0.6 is 0 Å². The maximum atomic E-state index is 11.4. The first-order chi connectivity index (χ1) is 8.22. The molecule has 0 fully saturated rings. The number of aromatic carboxylic acids is 1. The maximum Gasteiger partial charge on any atom is 0.339 e. The SMILES string of the molecule is CCc1nn2ccc3c(c2c1C(=O)O)CCO3. The van der Waals surface area contributed by atoms with Crippen LogP contribution in [0.4, 0.5) is 0 Å². The second-order valence-electron chi connectivity index (χ2n) is 4.03. The molecule has 1 aliphatic heterocycles. The van der Waals surface area contributed by atoms with E-state index in [9.17, 15) is 9.90 Å². The van der Waals surface area contributed by atoms with Gasteiger partial charge < -0.3 is 9.84 Å². The molecule has 0 radical (unpaired) electrons. The fourth-order valence-electron chi connectivity index (χ4n) is 2.35. The summed E-state index contributed by atoms with van der Waals surface area (Å²) >= 11 is 0. The summed E-state index contributed by atoms with van der Waals surface area (Å²) in [6, 6.07) is 1.84. The molecule has 0 aliphatic carbocycles. The van der Waals surface area contributed by atoms with Crippen LogP contribution in [0.15, 0.2) is 12.3 Å². The van der Waals surface area contributed by atoms with Crippen molar-refractivity contribution in [3.63, 3.8) is 0 Å². The molecule has 2 aromatic heterocycles. The van der Waals surface area contributed by atoms with Gasteiger partial charge in [0.1, 0.15) is 11.3 Å². The van der Waals surface area contributed by atoms with Crippen LogP contribution in [0, 0.1) is 0 Å². The van der Waals surface area contributed by atoms with E-state index < -0.39 is 5.97 Å². The Hall–Kier alpha value is -2.04. The Morgan fingerprint density at radius 2 is 2.47 bits per heavy atom. The van der Waals surface area contributed by atoms with Crippen LogP contribution < -0.4 is 4.74 Å². The number of aryl methyl sites for hydroxylation is 1. The van der Waals surface area contributed by atoms with Gasteiger partial charge in [0.05, 0.1) is 17.8 Å². The number of pyridine rings is 1. The smallest absolute Gasteiger partial charge is 0.339 e. The summed E-state index contributed by atoms with van der Waals surface area (Å²) in [6.07, 6.45) is 3.11. The molecule has 5 nitrogen and oxygen atoms in total. The predicted octanol–water partition coefficient (Wildman–Crippen LogP) is 1.53. The Morgan fingerprint density at radius 3 is 3.18 bits per heavy atom. The van der Waals surface area contributed by atoms with Gasteiger partial charge in [-0.15, -0.1) is 0 Å². The lowest BCUT2D eigenvalue weighted by Crippen LogP contribution is -2.01. The van der Waals surface area contributed by atoms with E-state index in [1.807, 2.05) is 13.0 Å². The van der Waals surface area contributed by atoms with Gasteiger partial charge >= 0.3 is 5.97 Å². The second kappa shape index (κ2) is 3.48. The van der Waals surface area contributed by atoms with Crippen molar-refractivity contribution < 1.29 is 14.6 Å². The van der Waals surface area contributed by atoms with Crippen molar-refractivity contribution >= 4 is 11.5 Å². The van der Waals surface area contributed by atoms with Crippen molar-refractivity contribution in [3.05, 3.63) is 29.1 Å². The summed E-state index contributed by atoms with van der Waals surface area (Å²) in [5.41, 5.74) is 2.58. The Morgan fingerprint density at radius 1 is 1.65 bits per heavy atom. The molecule has 0 atom stereocenters. The van der Waals surface area contributed by atoms with Crippen LogP contribution in [-0.2, 0) is 12.8 Å². The highest BCUT2D eigenvalue weighted by molar-refractivity contribution is 5.98. The number of nitrogens with zero attached hydrogens (tertiary/aromatic N) is 2. The molecular formula is C12H12N2O3. The lowest BCUT2D eigenvalue weighted by Gasteiger charge is -2.01. The standard InChI is InChI=1S/C12H12N2O3/c1-2-8-10(12(15)16)11-7-4-6-17-9(7)3-5-14(11)13-8/h3,5H,2,4,6H2,1H3,(H,15,16). The van der Waals surface area contributed by atoms with Crippen molar-refractivity contribution in [2.45, 2.75) is 19.8 Å². The Balaban J connectivity index is 2.41. The fourth-order valence-corrected chi connectivity index (χ4v) is 2.35. The van der Waals surface area contributed by atoms with E-state index in [1.54, 1.807) is 10.7 Å². The van der Waals surface area contributed by atoms with Gasteiger partial charge in [-0.3, -0.25) is 0 Å². The zero-order valence-electron chi connectivity index (χ0n) is 9.43. The number of aromatic nitrogens is 2. The van der Waals surface area contributed by atoms with Crippen LogP contribution in [0.2, 0.25) is 0 Å². The lowest BCUT2D eigenvalue weighted by atomic mass is 10.1. The third-order valence-corrected chi connectivity index (χ3v) is 3.09. The minimum absolute atomic E-state index is 0.315. The van der Waals surface area contributed by atoms with Crippen molar-refractivity contribution in [3.8, 4) is 5.75 Å². The van der Waals surface area contributed by atoms with Gasteiger partial charge in [0, 0.05) is 18.2 Å². The molecule has 0 saturated heterocycles. The largest absolute Gasteiger partial charge is 0.493 e. The first-order valence-electron chi connectivity index (χ1n) is 5.61. The summed E-state index contributed by atoms with van der Waals surface area (Å²) in [6.45, 7) is 2.52. The van der Waals surface area contributed by atoms with Crippen molar-refractivity contribution in [1.82, 2.24) is 9.61 Å². The normalized spacial score (nSPS) is 13.7. The number of carbonyl (C=O) groups is 1. The van der Waals surface area contributed by atoms with E-state index in [-0.39, 0.29) is 0 Å². The molecule has 1 aliphatic rings. The van der Waals surface area contributed by atoms with E-state index in [2.05, 4.69) is 5.10 Å². The van der Waals surface area contributed by atoms with Crippen LogP contribution in [0.1, 0.15) is 28.5 Å². The minimum Gasteiger partial charge on any atom is -0.493 e. The molecule has 17 heavy (non-hydrogen) atoms. The number of hydrogen-bond donors (Lipinski definition) is 1. The number of hydrogen-bond acceptors (Lipinski definition) is 3. The highest BCUT2D eigenvalue weighted by Gasteiger charge is 2.24. The Kier molecular flexibility index (Phi) is 2.07. The Bertz CT molecular complexity index is 616. The fraction of sp³-hybridized carbons (Fsp3) is 0.333. The summed E-state index contributed by atoms with van der Waals surface area (Å²) in [5, 5.41) is 13.6. The van der Waals surface area contributed by atoms with E-state index in [4.69, 9.17) is 4.74 Å². The van der Waals surface area contributed by atoms with Crippen molar-refractivity contribution in [1.29, 1.82) is 0 Å². The van der Waals surface area contributed by atoms with Gasteiger partial charge in [0.15, 0.2) is 0 Å². The molecule has 1 N–H and O–H groups in total. The molecule has 2 aromatic rings. The lowest BCUT2D eigenvalue weighted by molar-refractivity contribution is 0.0698. The molecule has 88 valence electrons. The summed E-state index contributed by atoms with van der Waals surface area (Å²) < 4.78 is 7.10. The number of ether oxygens (including phenoxy) is 1. The molecule has 5 heteroatoms. The van der Waals surface area contributed by atoms with Crippen molar-refractivity contribution in [2.24, 2.45) is 0 Å². The first kappa shape index (κ1) is 10.1. The zero-order valence-corrected chi connectivity index (χ0v) is 9.43. The number of fused-ring (bicyclic) bond motifs is 3. The molecule has 3 heterocycles. The maximum absolute atomic E-state index is 11.4. The number of carboxylic acids is 1. The quantitative estimate of drug-likeness (QED) is 0.852. The van der Waals surface area contributed by atoms with Gasteiger partial charge in [-0.05, 0) is 12.5 Å². The summed E-state index contributed by atoms with van der Waals surface area (Å²) in [5.74, 6) is -0.139. The van der Waals surface area contributed by atoms with Gasteiger partial charge in [-0.25, -0.2) is 9.31 Å². The minimum atomic E-state index is -0.919. The van der Waals surface area contributed by atoms with Gasteiger partial charge in [-0.1, -0.05) is 6.92 Å². The molecule has 0 amide bonds. The van der Waals surface area contributed by atoms with E-state index >= 15 is 0 Å². The third kappa shape index (κ3) is 1.32. The van der Waals surface area contributed by atoms with E-state index in [0.29, 0.717) is 29.8 Å². The number of rotatable bonds is 2. The molecule has 0 saturated carbocycles. The van der Waals surface area contributed by atoms with Gasteiger partial charge in [0.25, 0.3) is 0 Å². The van der Waals surface area contributed by atoms with Crippen molar-refractivity contribution in [2.75, 3.05) is 6.61 Å². The molecule has 0 bridgehead atoms. The van der Waals surface area contributed by atoms with E-state index in [0.717, 1.165) is 17.7 Å². The molecule has 0 unspecified atom stereocenters. The van der Waals surface area contributed by atoms with Gasteiger partial charge in [0.2, 0.25) is 0 Å². The molecule has 3 rings (SSSR count). The second-order valence-corrected chi connectivity index (χ2v) is 4.03. The van der Waals surface area contributed by atoms with Crippen LogP contribution in [0.25, 0.3) is 5.52 Å². The topological polar surface area (TPSA) is 63.8 Å². The number of carboxylic acid groups (broad SMARTS) is 1. The van der Waals surface area contributed by atoms with Crippen LogP contribution in [-0.4, -0.2) is 27.3 Å². The molecule has 0 spiro atoms.